The number of nitrogens with one attached hydrogen (secondary N) is 3. The minimum atomic E-state index is -4.22. The lowest BCUT2D eigenvalue weighted by molar-refractivity contribution is 0.0955. The highest BCUT2D eigenvalue weighted by Gasteiger charge is 2.35. The maximum Gasteiger partial charge on any atom is 0.328 e. The van der Waals surface area contributed by atoms with Crippen molar-refractivity contribution in [3.8, 4) is 55.6 Å². The van der Waals surface area contributed by atoms with Crippen LogP contribution in [0.4, 0.5) is 26.7 Å². The van der Waals surface area contributed by atoms with Crippen LogP contribution in [-0.2, 0) is 16.4 Å². The predicted octanol–water partition coefficient (Wildman–Crippen LogP) is 12.0. The molecule has 0 aliphatic heterocycles. The molecule has 0 aromatic heterocycles. The van der Waals surface area contributed by atoms with E-state index in [2.05, 4.69) is 15.4 Å². The summed E-state index contributed by atoms with van der Waals surface area (Å²) in [5.74, 6) is -5.02. The van der Waals surface area contributed by atoms with Crippen molar-refractivity contribution >= 4 is 22.0 Å². The fourth-order valence-corrected chi connectivity index (χ4v) is 9.45. The molecular weight excluding hydrogens is 858 g/mol. The number of hydrogen-bond donors (Lipinski definition) is 3. The molecule has 0 atom stereocenters. The molecule has 3 N–H and O–H groups in total. The van der Waals surface area contributed by atoms with Gasteiger partial charge in [-0.1, -0.05) is 122 Å². The van der Waals surface area contributed by atoms with E-state index >= 15 is 26.7 Å². The highest BCUT2D eigenvalue weighted by Crippen LogP contribution is 2.54. The number of sulfonamides is 1. The first kappa shape index (κ1) is 44.5. The van der Waals surface area contributed by atoms with Crippen LogP contribution in [0.3, 0.4) is 0 Å². The van der Waals surface area contributed by atoms with Crippen LogP contribution in [0, 0.1) is 29.1 Å². The molecule has 1 aliphatic rings. The number of rotatable bonds is 12. The number of amides is 3. The first-order valence-electron chi connectivity index (χ1n) is 21.1. The molecule has 13 heteroatoms. The first-order valence-corrected chi connectivity index (χ1v) is 22.6. The van der Waals surface area contributed by atoms with Gasteiger partial charge >= 0.3 is 6.03 Å². The van der Waals surface area contributed by atoms with Crippen LogP contribution in [0.1, 0.15) is 48.0 Å². The molecule has 330 valence electrons. The zero-order valence-corrected chi connectivity index (χ0v) is 35.6. The lowest BCUT2D eigenvalue weighted by Crippen LogP contribution is -2.45. The molecule has 0 spiro atoms. The third kappa shape index (κ3) is 9.42. The molecule has 8 rings (SSSR count). The fraction of sp³-hybridized carbons (Fsp3) is 0.154. The molecule has 0 radical (unpaired) electrons. The van der Waals surface area contributed by atoms with Gasteiger partial charge in [0.25, 0.3) is 15.9 Å². The minimum Gasteiger partial charge on any atom is -0.352 e. The van der Waals surface area contributed by atoms with Crippen molar-refractivity contribution in [2.24, 2.45) is 0 Å². The van der Waals surface area contributed by atoms with Gasteiger partial charge in [-0.3, -0.25) is 4.79 Å². The average Bonchev–Trinajstić information content (AvgIpc) is 3.29. The zero-order chi connectivity index (χ0) is 45.7. The number of carbonyl (C=O) groups excluding carboxylic acids is 2. The molecule has 1 saturated carbocycles. The Morgan fingerprint density at radius 3 is 1.26 bits per heavy atom. The summed E-state index contributed by atoms with van der Waals surface area (Å²) in [7, 11) is -4.22. The summed E-state index contributed by atoms with van der Waals surface area (Å²) in [6.45, 7) is -0.112. The second kappa shape index (κ2) is 19.3. The topological polar surface area (TPSA) is 104 Å². The van der Waals surface area contributed by atoms with Crippen LogP contribution in [0.5, 0.6) is 0 Å². The van der Waals surface area contributed by atoms with Crippen LogP contribution in [0.2, 0.25) is 0 Å². The summed E-state index contributed by atoms with van der Waals surface area (Å²) in [6, 6.07) is 32.1. The van der Waals surface area contributed by atoms with Gasteiger partial charge < -0.3 is 10.6 Å². The largest absolute Gasteiger partial charge is 0.352 e. The quantitative estimate of drug-likeness (QED) is 0.106. The van der Waals surface area contributed by atoms with E-state index in [1.165, 1.54) is 115 Å². The lowest BCUT2D eigenvalue weighted by Gasteiger charge is -2.28. The fourth-order valence-electron chi connectivity index (χ4n) is 8.53. The van der Waals surface area contributed by atoms with Crippen LogP contribution in [-0.4, -0.2) is 32.9 Å². The normalized spacial score (nSPS) is 13.0. The average molecular weight is 900 g/mol. The highest BCUT2D eigenvalue weighted by atomic mass is 32.2. The molecule has 1 fully saturated rings. The molecule has 3 amide bonds. The summed E-state index contributed by atoms with van der Waals surface area (Å²) in [5.41, 5.74) is -1.54. The summed E-state index contributed by atoms with van der Waals surface area (Å²) in [5, 5.41) is 5.57. The smallest absolute Gasteiger partial charge is 0.328 e. The first-order chi connectivity index (χ1) is 31.4. The number of hydrogen-bond acceptors (Lipinski definition) is 4. The van der Waals surface area contributed by atoms with E-state index in [1.807, 2.05) is 0 Å². The third-order valence-corrected chi connectivity index (χ3v) is 12.9. The molecule has 0 bridgehead atoms. The molecule has 0 heterocycles. The van der Waals surface area contributed by atoms with Crippen LogP contribution in [0.25, 0.3) is 55.6 Å². The Kier molecular flexibility index (Phi) is 13.2. The molecular formula is C52H42F5N3O4S. The van der Waals surface area contributed by atoms with Gasteiger partial charge in [-0.2, -0.15) is 0 Å². The Bertz CT molecular complexity index is 2910. The summed E-state index contributed by atoms with van der Waals surface area (Å²) in [6.07, 6.45) is 4.63. The van der Waals surface area contributed by atoms with Gasteiger partial charge in [-0.05, 0) is 67.3 Å². The van der Waals surface area contributed by atoms with Gasteiger partial charge in [0.2, 0.25) is 0 Å². The van der Waals surface area contributed by atoms with E-state index in [0.717, 1.165) is 62.4 Å². The van der Waals surface area contributed by atoms with Gasteiger partial charge in [0, 0.05) is 68.2 Å². The van der Waals surface area contributed by atoms with E-state index < -0.39 is 51.0 Å². The SMILES string of the molecule is O=C(NC1CCCCC1)NS(=O)(=O)c1ccc(CCNC(=O)c2c(-c3ccccc3F)c(-c3ccccc3F)c(-c3ccccc3F)c(-c3ccccc3F)c2-c2ccccc2F)cc1. The van der Waals surface area contributed by atoms with Gasteiger partial charge in [0.05, 0.1) is 10.5 Å². The van der Waals surface area contributed by atoms with Crippen LogP contribution >= 0.6 is 0 Å². The minimum absolute atomic E-state index is 0.107. The van der Waals surface area contributed by atoms with E-state index in [4.69, 9.17) is 0 Å². The van der Waals surface area contributed by atoms with E-state index in [1.54, 1.807) is 0 Å². The van der Waals surface area contributed by atoms with Crippen LogP contribution in [0.15, 0.2) is 150 Å². The van der Waals surface area contributed by atoms with Crippen molar-refractivity contribution in [3.63, 3.8) is 0 Å². The van der Waals surface area contributed by atoms with Crippen LogP contribution < -0.4 is 15.4 Å². The molecule has 65 heavy (non-hydrogen) atoms. The summed E-state index contributed by atoms with van der Waals surface area (Å²) in [4.78, 5) is 27.6. The van der Waals surface area contributed by atoms with Crippen molar-refractivity contribution in [1.82, 2.24) is 15.4 Å². The van der Waals surface area contributed by atoms with Gasteiger partial charge in [-0.25, -0.2) is 39.9 Å². The Balaban J connectivity index is 1.29. The number of carbonyl (C=O) groups is 2. The molecule has 7 aromatic carbocycles. The Labute approximate surface area is 373 Å². The number of halogens is 5. The van der Waals surface area contributed by atoms with Gasteiger partial charge in [-0.15, -0.1) is 0 Å². The van der Waals surface area contributed by atoms with Crippen molar-refractivity contribution in [2.75, 3.05) is 6.54 Å². The maximum absolute atomic E-state index is 16.5. The third-order valence-electron chi connectivity index (χ3n) is 11.5. The molecule has 1 aliphatic carbocycles. The predicted molar refractivity (Wildman–Crippen MR) is 242 cm³/mol. The zero-order valence-electron chi connectivity index (χ0n) is 34.8. The van der Waals surface area contributed by atoms with Crippen molar-refractivity contribution < 1.29 is 40.0 Å². The van der Waals surface area contributed by atoms with E-state index in [9.17, 15) is 13.2 Å². The molecule has 0 unspecified atom stereocenters. The molecule has 7 aromatic rings. The molecule has 0 saturated heterocycles. The van der Waals surface area contributed by atoms with Gasteiger partial charge in [0.15, 0.2) is 0 Å². The molecule has 7 nitrogen and oxygen atoms in total. The maximum atomic E-state index is 16.5. The second-order valence-electron chi connectivity index (χ2n) is 15.7. The Morgan fingerprint density at radius 1 is 0.492 bits per heavy atom. The Morgan fingerprint density at radius 2 is 0.862 bits per heavy atom. The van der Waals surface area contributed by atoms with Crippen molar-refractivity contribution in [2.45, 2.75) is 49.5 Å². The standard InChI is InChI=1S/C52H42F5N3O4S/c53-40-21-9-4-16-35(40)45-46(36-17-5-10-22-41(36)54)48(38-19-7-12-24-43(38)56)50(49(39-20-8-13-25-44(39)57)47(45)37-18-6-11-23-42(37)55)51(61)58-31-30-32-26-28-34(29-27-32)65(63,64)60-52(62)59-33-14-2-1-3-15-33/h4-13,16-29,33H,1-3,14-15,30-31H2,(H,58,61)(H2,59,60,62). The monoisotopic (exact) mass is 899 g/mol. The number of benzene rings is 7. The number of urea groups is 1. The van der Waals surface area contributed by atoms with E-state index in [0.29, 0.717) is 5.56 Å². The summed E-state index contributed by atoms with van der Waals surface area (Å²) >= 11 is 0. The lowest BCUT2D eigenvalue weighted by atomic mass is 9.75. The summed E-state index contributed by atoms with van der Waals surface area (Å²) < 4.78 is 111. The van der Waals surface area contributed by atoms with E-state index in [-0.39, 0.29) is 85.1 Å². The second-order valence-corrected chi connectivity index (χ2v) is 17.4. The van der Waals surface area contributed by atoms with Gasteiger partial charge in [0.1, 0.15) is 29.1 Å². The van der Waals surface area contributed by atoms with Crippen molar-refractivity contribution in [3.05, 3.63) is 186 Å². The van der Waals surface area contributed by atoms with Crippen molar-refractivity contribution in [1.29, 1.82) is 0 Å². The Hall–Kier alpha value is -7.12. The highest BCUT2D eigenvalue weighted by molar-refractivity contribution is 7.90.